The van der Waals surface area contributed by atoms with Crippen LogP contribution in [0.4, 0.5) is 0 Å². The molecular formula is C17H26N2. The van der Waals surface area contributed by atoms with Gasteiger partial charge < -0.3 is 5.32 Å². The highest BCUT2D eigenvalue weighted by Gasteiger charge is 2.25. The normalized spacial score (nSPS) is 29.3. The van der Waals surface area contributed by atoms with Crippen molar-refractivity contribution in [2.45, 2.75) is 38.6 Å². The van der Waals surface area contributed by atoms with Crippen molar-refractivity contribution < 1.29 is 0 Å². The Morgan fingerprint density at radius 2 is 2.05 bits per heavy atom. The summed E-state index contributed by atoms with van der Waals surface area (Å²) in [5.74, 6) is 0.775. The number of aryl methyl sites for hydroxylation is 1. The highest BCUT2D eigenvalue weighted by molar-refractivity contribution is 5.30. The molecule has 0 radical (unpaired) electrons. The Morgan fingerprint density at radius 3 is 2.95 bits per heavy atom. The molecule has 1 saturated heterocycles. The lowest BCUT2D eigenvalue weighted by atomic mass is 9.87. The summed E-state index contributed by atoms with van der Waals surface area (Å²) in [6.07, 6.45) is 5.17. The Labute approximate surface area is 117 Å². The first-order valence-corrected chi connectivity index (χ1v) is 7.84. The molecule has 2 atom stereocenters. The van der Waals surface area contributed by atoms with Gasteiger partial charge in [-0.3, -0.25) is 4.90 Å². The summed E-state index contributed by atoms with van der Waals surface area (Å²) in [6, 6.07) is 9.79. The number of hydrogen-bond donors (Lipinski definition) is 1. The third kappa shape index (κ3) is 3.18. The van der Waals surface area contributed by atoms with Crippen molar-refractivity contribution >= 4 is 0 Å². The number of rotatable bonds is 1. The fourth-order valence-corrected chi connectivity index (χ4v) is 3.63. The van der Waals surface area contributed by atoms with Gasteiger partial charge >= 0.3 is 0 Å². The van der Waals surface area contributed by atoms with Gasteiger partial charge in [0.25, 0.3) is 0 Å². The maximum Gasteiger partial charge on any atom is 0.0139 e. The highest BCUT2D eigenvalue weighted by atomic mass is 15.2. The molecule has 0 spiro atoms. The lowest BCUT2D eigenvalue weighted by Gasteiger charge is -2.38. The zero-order chi connectivity index (χ0) is 13.1. The fraction of sp³-hybridized carbons (Fsp3) is 0.647. The lowest BCUT2D eigenvalue weighted by Crippen LogP contribution is -2.46. The van der Waals surface area contributed by atoms with E-state index in [1.54, 1.807) is 11.1 Å². The third-order valence-corrected chi connectivity index (χ3v) is 4.68. The molecule has 0 aromatic heterocycles. The van der Waals surface area contributed by atoms with Gasteiger partial charge in [0, 0.05) is 12.6 Å². The second-order valence-electron chi connectivity index (χ2n) is 6.32. The molecule has 3 rings (SSSR count). The summed E-state index contributed by atoms with van der Waals surface area (Å²) in [6.45, 7) is 7.27. The van der Waals surface area contributed by atoms with E-state index in [-0.39, 0.29) is 0 Å². The number of benzene rings is 1. The standard InChI is InChI=1S/C17H26N2/c1-14-12-18-9-4-10-19(13-14)17-8-7-15-5-2-3-6-16(15)11-17/h2-3,5-6,14,17-18H,4,7-13H2,1H3. The Bertz CT molecular complexity index is 415. The number of hydrogen-bond acceptors (Lipinski definition) is 2. The van der Waals surface area contributed by atoms with Crippen LogP contribution in [0.2, 0.25) is 0 Å². The molecule has 1 aromatic rings. The van der Waals surface area contributed by atoms with E-state index in [1.165, 1.54) is 51.9 Å². The van der Waals surface area contributed by atoms with Crippen molar-refractivity contribution in [2.75, 3.05) is 26.2 Å². The fourth-order valence-electron chi connectivity index (χ4n) is 3.63. The summed E-state index contributed by atoms with van der Waals surface area (Å²) in [7, 11) is 0. The van der Waals surface area contributed by atoms with Crippen molar-refractivity contribution in [2.24, 2.45) is 5.92 Å². The molecule has 104 valence electrons. The summed E-state index contributed by atoms with van der Waals surface area (Å²) >= 11 is 0. The molecule has 1 aliphatic heterocycles. The molecular weight excluding hydrogens is 232 g/mol. The number of nitrogens with one attached hydrogen (secondary N) is 1. The van der Waals surface area contributed by atoms with Crippen molar-refractivity contribution in [1.82, 2.24) is 10.2 Å². The molecule has 2 nitrogen and oxygen atoms in total. The van der Waals surface area contributed by atoms with Crippen LogP contribution in [0.3, 0.4) is 0 Å². The summed E-state index contributed by atoms with van der Waals surface area (Å²) in [5.41, 5.74) is 3.17. The van der Waals surface area contributed by atoms with Crippen LogP contribution in [-0.2, 0) is 12.8 Å². The molecule has 1 N–H and O–H groups in total. The van der Waals surface area contributed by atoms with Crippen molar-refractivity contribution in [1.29, 1.82) is 0 Å². The minimum absolute atomic E-state index is 0.774. The van der Waals surface area contributed by atoms with Crippen LogP contribution in [0.1, 0.15) is 30.9 Å². The van der Waals surface area contributed by atoms with Crippen LogP contribution in [0.25, 0.3) is 0 Å². The molecule has 1 fully saturated rings. The molecule has 1 aliphatic carbocycles. The molecule has 19 heavy (non-hydrogen) atoms. The molecule has 2 aliphatic rings. The van der Waals surface area contributed by atoms with E-state index >= 15 is 0 Å². The summed E-state index contributed by atoms with van der Waals surface area (Å²) in [5, 5.41) is 3.55. The minimum Gasteiger partial charge on any atom is -0.316 e. The van der Waals surface area contributed by atoms with Gasteiger partial charge in [-0.2, -0.15) is 0 Å². The maximum absolute atomic E-state index is 3.55. The first kappa shape index (κ1) is 13.1. The van der Waals surface area contributed by atoms with Crippen LogP contribution in [0.15, 0.2) is 24.3 Å². The zero-order valence-corrected chi connectivity index (χ0v) is 12.1. The monoisotopic (exact) mass is 258 g/mol. The molecule has 1 heterocycles. The van der Waals surface area contributed by atoms with E-state index in [0.29, 0.717) is 0 Å². The third-order valence-electron chi connectivity index (χ3n) is 4.68. The van der Waals surface area contributed by atoms with Gasteiger partial charge in [-0.15, -0.1) is 0 Å². The Kier molecular flexibility index (Phi) is 4.19. The smallest absolute Gasteiger partial charge is 0.0139 e. The Hall–Kier alpha value is -0.860. The van der Waals surface area contributed by atoms with Gasteiger partial charge in [-0.25, -0.2) is 0 Å². The van der Waals surface area contributed by atoms with Crippen LogP contribution in [0, 0.1) is 5.92 Å². The quantitative estimate of drug-likeness (QED) is 0.832. The minimum atomic E-state index is 0.774. The van der Waals surface area contributed by atoms with Gasteiger partial charge in [0.05, 0.1) is 0 Å². The van der Waals surface area contributed by atoms with E-state index < -0.39 is 0 Å². The molecule has 0 bridgehead atoms. The second kappa shape index (κ2) is 6.06. The van der Waals surface area contributed by atoms with Crippen molar-refractivity contribution in [3.63, 3.8) is 0 Å². The van der Waals surface area contributed by atoms with Crippen LogP contribution < -0.4 is 5.32 Å². The molecule has 2 heteroatoms. The summed E-state index contributed by atoms with van der Waals surface area (Å²) < 4.78 is 0. The van der Waals surface area contributed by atoms with E-state index in [4.69, 9.17) is 0 Å². The van der Waals surface area contributed by atoms with E-state index in [2.05, 4.69) is 41.4 Å². The predicted molar refractivity (Wildman–Crippen MR) is 80.5 cm³/mol. The first-order chi connectivity index (χ1) is 9.33. The zero-order valence-electron chi connectivity index (χ0n) is 12.1. The van der Waals surface area contributed by atoms with E-state index in [9.17, 15) is 0 Å². The van der Waals surface area contributed by atoms with Crippen LogP contribution >= 0.6 is 0 Å². The van der Waals surface area contributed by atoms with E-state index in [1.807, 2.05) is 0 Å². The second-order valence-corrected chi connectivity index (χ2v) is 6.32. The Morgan fingerprint density at radius 1 is 1.21 bits per heavy atom. The lowest BCUT2D eigenvalue weighted by molar-refractivity contribution is 0.144. The van der Waals surface area contributed by atoms with Crippen LogP contribution in [-0.4, -0.2) is 37.1 Å². The SMILES string of the molecule is CC1CNCCCN(C2CCc3ccccc3C2)C1. The highest BCUT2D eigenvalue weighted by Crippen LogP contribution is 2.25. The predicted octanol–water partition coefficient (Wildman–Crippen LogP) is 2.48. The average molecular weight is 258 g/mol. The largest absolute Gasteiger partial charge is 0.316 e. The molecule has 2 unspecified atom stereocenters. The molecule has 0 amide bonds. The van der Waals surface area contributed by atoms with Crippen LogP contribution in [0.5, 0.6) is 0 Å². The Balaban J connectivity index is 1.69. The van der Waals surface area contributed by atoms with Gasteiger partial charge in [0.1, 0.15) is 0 Å². The first-order valence-electron chi connectivity index (χ1n) is 7.84. The number of fused-ring (bicyclic) bond motifs is 1. The van der Waals surface area contributed by atoms with Crippen molar-refractivity contribution in [3.05, 3.63) is 35.4 Å². The van der Waals surface area contributed by atoms with Gasteiger partial charge in [0.15, 0.2) is 0 Å². The van der Waals surface area contributed by atoms with Gasteiger partial charge in [-0.1, -0.05) is 31.2 Å². The average Bonchev–Trinajstić information content (AvgIpc) is 2.42. The topological polar surface area (TPSA) is 15.3 Å². The molecule has 1 aromatic carbocycles. The van der Waals surface area contributed by atoms with Gasteiger partial charge in [0.2, 0.25) is 0 Å². The molecule has 0 saturated carbocycles. The number of nitrogens with zero attached hydrogens (tertiary/aromatic N) is 1. The summed E-state index contributed by atoms with van der Waals surface area (Å²) in [4.78, 5) is 2.77. The van der Waals surface area contributed by atoms with Crippen molar-refractivity contribution in [3.8, 4) is 0 Å². The maximum atomic E-state index is 3.55. The van der Waals surface area contributed by atoms with E-state index in [0.717, 1.165) is 12.0 Å². The van der Waals surface area contributed by atoms with Gasteiger partial charge in [-0.05, 0) is 62.4 Å².